The van der Waals surface area contributed by atoms with Gasteiger partial charge in [-0.1, -0.05) is 0 Å². The van der Waals surface area contributed by atoms with Crippen LogP contribution in [0.1, 0.15) is 18.3 Å². The fourth-order valence-electron chi connectivity index (χ4n) is 3.72. The van der Waals surface area contributed by atoms with Crippen molar-refractivity contribution in [2.45, 2.75) is 27.3 Å². The number of pyridine rings is 1. The molecule has 0 aliphatic rings. The third-order valence-electron chi connectivity index (χ3n) is 5.21. The van der Waals surface area contributed by atoms with Crippen LogP contribution < -0.4 is 0 Å². The Morgan fingerprint density at radius 3 is 2.45 bits per heavy atom. The van der Waals surface area contributed by atoms with Crippen molar-refractivity contribution in [1.82, 2.24) is 39.0 Å². The van der Waals surface area contributed by atoms with Gasteiger partial charge in [0.25, 0.3) is 0 Å². The smallest absolute Gasteiger partial charge is 0.417 e. The van der Waals surface area contributed by atoms with Gasteiger partial charge in [0.1, 0.15) is 34.8 Å². The Hall–Kier alpha value is -4.21. The summed E-state index contributed by atoms with van der Waals surface area (Å²) in [5.74, 6) is 1.40. The second-order valence-corrected chi connectivity index (χ2v) is 7.15. The van der Waals surface area contributed by atoms with Gasteiger partial charge in [-0.15, -0.1) is 0 Å². The summed E-state index contributed by atoms with van der Waals surface area (Å²) >= 11 is 0. The molecule has 0 aromatic carbocycles. The maximum atomic E-state index is 11.5. The zero-order chi connectivity index (χ0) is 21.7. The van der Waals surface area contributed by atoms with Gasteiger partial charge in [-0.05, 0) is 32.4 Å². The number of nitrogens with zero attached hydrogens (tertiary/aromatic N) is 8. The summed E-state index contributed by atoms with van der Waals surface area (Å²) in [5.41, 5.74) is 4.69. The van der Waals surface area contributed by atoms with E-state index in [0.29, 0.717) is 40.7 Å². The van der Waals surface area contributed by atoms with E-state index in [4.69, 9.17) is 4.98 Å². The minimum absolute atomic E-state index is 0.385. The largest absolute Gasteiger partial charge is 0.464 e. The van der Waals surface area contributed by atoms with E-state index in [1.807, 2.05) is 31.4 Å². The van der Waals surface area contributed by atoms with Crippen LogP contribution in [0.4, 0.5) is 4.79 Å². The Balaban J connectivity index is 1.73. The molecule has 154 valence electrons. The molecule has 5 heterocycles. The molecular formula is C21H18N8O2. The predicted octanol–water partition coefficient (Wildman–Crippen LogP) is 3.46. The van der Waals surface area contributed by atoms with Gasteiger partial charge < -0.3 is 9.67 Å². The van der Waals surface area contributed by atoms with Crippen LogP contribution in [0.2, 0.25) is 0 Å². The van der Waals surface area contributed by atoms with Crippen molar-refractivity contribution in [3.63, 3.8) is 0 Å². The van der Waals surface area contributed by atoms with E-state index < -0.39 is 6.09 Å². The molecular weight excluding hydrogens is 396 g/mol. The van der Waals surface area contributed by atoms with Gasteiger partial charge in [0.05, 0.1) is 5.56 Å². The van der Waals surface area contributed by atoms with Crippen molar-refractivity contribution >= 4 is 28.3 Å². The lowest BCUT2D eigenvalue weighted by Crippen LogP contribution is -2.06. The van der Waals surface area contributed by atoms with Crippen LogP contribution in [-0.4, -0.2) is 50.2 Å². The van der Waals surface area contributed by atoms with Gasteiger partial charge in [-0.25, -0.2) is 39.3 Å². The first-order valence-corrected chi connectivity index (χ1v) is 9.69. The Labute approximate surface area is 176 Å². The molecule has 1 N–H and O–H groups in total. The molecule has 0 saturated heterocycles. The van der Waals surface area contributed by atoms with Crippen molar-refractivity contribution in [3.05, 3.63) is 48.6 Å². The van der Waals surface area contributed by atoms with Crippen LogP contribution in [0, 0.1) is 13.8 Å². The number of hydrogen-bond acceptors (Lipinski definition) is 7. The molecule has 0 unspecified atom stereocenters. The Bertz CT molecular complexity index is 1470. The van der Waals surface area contributed by atoms with Crippen molar-refractivity contribution in [2.24, 2.45) is 0 Å². The fraction of sp³-hybridized carbons (Fsp3) is 0.190. The zero-order valence-electron chi connectivity index (χ0n) is 17.1. The number of rotatable bonds is 3. The Morgan fingerprint density at radius 1 is 1.00 bits per heavy atom. The summed E-state index contributed by atoms with van der Waals surface area (Å²) in [6.45, 7) is 6.37. The van der Waals surface area contributed by atoms with E-state index in [9.17, 15) is 9.90 Å². The summed E-state index contributed by atoms with van der Waals surface area (Å²) in [5, 5.41) is 10.1. The summed E-state index contributed by atoms with van der Waals surface area (Å²) in [7, 11) is 0. The van der Waals surface area contributed by atoms with Gasteiger partial charge in [-0.2, -0.15) is 0 Å². The minimum atomic E-state index is -1.07. The lowest BCUT2D eigenvalue weighted by atomic mass is 10.1. The maximum Gasteiger partial charge on any atom is 0.417 e. The minimum Gasteiger partial charge on any atom is -0.464 e. The Morgan fingerprint density at radius 2 is 1.74 bits per heavy atom. The molecule has 0 atom stereocenters. The van der Waals surface area contributed by atoms with Gasteiger partial charge >= 0.3 is 6.09 Å². The van der Waals surface area contributed by atoms with E-state index in [0.717, 1.165) is 26.6 Å². The molecule has 10 nitrogen and oxygen atoms in total. The molecule has 5 rings (SSSR count). The van der Waals surface area contributed by atoms with Crippen LogP contribution in [-0.2, 0) is 6.54 Å². The predicted molar refractivity (Wildman–Crippen MR) is 114 cm³/mol. The number of carboxylic acid groups (broad SMARTS) is 1. The van der Waals surface area contributed by atoms with Crippen molar-refractivity contribution in [2.75, 3.05) is 0 Å². The van der Waals surface area contributed by atoms with E-state index in [2.05, 4.69) is 24.9 Å². The number of fused-ring (bicyclic) bond motifs is 2. The number of imidazole rings is 1. The van der Waals surface area contributed by atoms with E-state index in [1.54, 1.807) is 24.8 Å². The highest BCUT2D eigenvalue weighted by Gasteiger charge is 2.19. The molecule has 0 amide bonds. The monoisotopic (exact) mass is 414 g/mol. The summed E-state index contributed by atoms with van der Waals surface area (Å²) in [4.78, 5) is 38.2. The quantitative estimate of drug-likeness (QED) is 0.476. The average molecular weight is 414 g/mol. The van der Waals surface area contributed by atoms with Crippen LogP contribution in [0.15, 0.2) is 37.2 Å². The lowest BCUT2D eigenvalue weighted by molar-refractivity contribution is 0.197. The first kappa shape index (κ1) is 18.8. The summed E-state index contributed by atoms with van der Waals surface area (Å²) < 4.78 is 3.11. The SMILES string of the molecule is CCn1c(-c2cnc(C)nc2)nc2c(-c3cnc4c(c3)c(C)cn4C(=O)O)ncnc21. The molecule has 0 radical (unpaired) electrons. The normalized spacial score (nSPS) is 11.5. The molecule has 0 aliphatic heterocycles. The number of carbonyl (C=O) groups is 1. The first-order valence-electron chi connectivity index (χ1n) is 9.69. The molecule has 0 saturated carbocycles. The van der Waals surface area contributed by atoms with Crippen molar-refractivity contribution in [3.8, 4) is 22.6 Å². The highest BCUT2D eigenvalue weighted by Crippen LogP contribution is 2.31. The second-order valence-electron chi connectivity index (χ2n) is 7.15. The summed E-state index contributed by atoms with van der Waals surface area (Å²) in [6.07, 6.45) is 7.08. The zero-order valence-corrected chi connectivity index (χ0v) is 17.1. The number of aromatic nitrogens is 8. The summed E-state index contributed by atoms with van der Waals surface area (Å²) in [6, 6.07) is 1.89. The number of hydrogen-bond donors (Lipinski definition) is 1. The van der Waals surface area contributed by atoms with Gasteiger partial charge in [0, 0.05) is 42.3 Å². The molecule has 5 aromatic heterocycles. The highest BCUT2D eigenvalue weighted by atomic mass is 16.4. The highest BCUT2D eigenvalue weighted by molar-refractivity contribution is 5.95. The molecule has 0 bridgehead atoms. The van der Waals surface area contributed by atoms with Crippen LogP contribution in [0.5, 0.6) is 0 Å². The molecule has 5 aromatic rings. The molecule has 31 heavy (non-hydrogen) atoms. The van der Waals surface area contributed by atoms with Gasteiger partial charge in [0.2, 0.25) is 0 Å². The van der Waals surface area contributed by atoms with Crippen LogP contribution in [0.3, 0.4) is 0 Å². The third-order valence-corrected chi connectivity index (χ3v) is 5.21. The molecule has 0 aliphatic carbocycles. The number of aryl methyl sites for hydroxylation is 3. The van der Waals surface area contributed by atoms with E-state index in [-0.39, 0.29) is 0 Å². The van der Waals surface area contributed by atoms with Crippen molar-refractivity contribution < 1.29 is 9.90 Å². The topological polar surface area (TPSA) is 125 Å². The van der Waals surface area contributed by atoms with E-state index in [1.165, 1.54) is 6.33 Å². The van der Waals surface area contributed by atoms with Crippen LogP contribution in [0.25, 0.3) is 44.8 Å². The van der Waals surface area contributed by atoms with Gasteiger partial charge in [0.15, 0.2) is 5.65 Å². The Kier molecular flexibility index (Phi) is 4.21. The third kappa shape index (κ3) is 2.91. The average Bonchev–Trinajstić information content (AvgIpc) is 3.31. The molecule has 0 spiro atoms. The second kappa shape index (κ2) is 6.94. The van der Waals surface area contributed by atoms with E-state index >= 15 is 0 Å². The van der Waals surface area contributed by atoms with Crippen molar-refractivity contribution in [1.29, 1.82) is 0 Å². The maximum absolute atomic E-state index is 11.5. The first-order chi connectivity index (χ1) is 15.0. The van der Waals surface area contributed by atoms with Crippen LogP contribution >= 0.6 is 0 Å². The molecule has 0 fully saturated rings. The van der Waals surface area contributed by atoms with Gasteiger partial charge in [-0.3, -0.25) is 0 Å². The standard InChI is InChI=1S/C21H18N8O2/c1-4-28-18(14-7-22-12(3)23-8-14)27-17-16(25-10-26-20(17)28)13-5-15-11(2)9-29(21(30)31)19(15)24-6-13/h5-10H,4H2,1-3H3,(H,30,31). The molecule has 10 heteroatoms. The lowest BCUT2D eigenvalue weighted by Gasteiger charge is -2.05. The fourth-order valence-corrected chi connectivity index (χ4v) is 3.72.